The summed E-state index contributed by atoms with van der Waals surface area (Å²) in [6, 6.07) is 9.73. The van der Waals surface area contributed by atoms with Crippen LogP contribution >= 0.6 is 0 Å². The summed E-state index contributed by atoms with van der Waals surface area (Å²) >= 11 is 0. The average molecular weight is 279 g/mol. The number of hydrogen-bond acceptors (Lipinski definition) is 2. The zero-order chi connectivity index (χ0) is 14.7. The fourth-order valence-corrected chi connectivity index (χ4v) is 2.92. The second kappa shape index (κ2) is 5.78. The zero-order valence-electron chi connectivity index (χ0n) is 12.9. The Kier molecular flexibility index (Phi) is 4.79. The van der Waals surface area contributed by atoms with Crippen LogP contribution in [0.25, 0.3) is 0 Å². The van der Waals surface area contributed by atoms with E-state index in [1.807, 2.05) is 51.1 Å². The van der Waals surface area contributed by atoms with Gasteiger partial charge in [-0.1, -0.05) is 37.8 Å². The van der Waals surface area contributed by atoms with Gasteiger partial charge in [0.2, 0.25) is 0 Å². The number of nitrogens with zero attached hydrogens (tertiary/aromatic N) is 1. The number of benzene rings is 1. The molecule has 0 bridgehead atoms. The van der Waals surface area contributed by atoms with Crippen LogP contribution in [0.5, 0.6) is 0 Å². The Morgan fingerprint density at radius 2 is 1.68 bits per heavy atom. The summed E-state index contributed by atoms with van der Waals surface area (Å²) in [4.78, 5) is 14.1. The number of rotatable bonds is 3. The third kappa shape index (κ3) is 5.92. The summed E-state index contributed by atoms with van der Waals surface area (Å²) in [5.41, 5.74) is 0.433. The molecule has 0 saturated carbocycles. The van der Waals surface area contributed by atoms with E-state index in [-0.39, 0.29) is 6.09 Å². The third-order valence-corrected chi connectivity index (χ3v) is 3.58. The van der Waals surface area contributed by atoms with Crippen LogP contribution in [-0.2, 0) is 4.74 Å². The maximum atomic E-state index is 12.4. The quantitative estimate of drug-likeness (QED) is 0.772. The fourth-order valence-electron chi connectivity index (χ4n) is 1.66. The minimum absolute atomic E-state index is 0.263. The zero-order valence-corrected chi connectivity index (χ0v) is 13.9. The Hall–Kier alpha value is -1.29. The number of para-hydroxylation sites is 1. The van der Waals surface area contributed by atoms with Crippen LogP contribution in [0.15, 0.2) is 30.3 Å². The monoisotopic (exact) mass is 279 g/mol. The van der Waals surface area contributed by atoms with Crippen molar-refractivity contribution < 1.29 is 9.53 Å². The van der Waals surface area contributed by atoms with E-state index in [9.17, 15) is 4.79 Å². The van der Waals surface area contributed by atoms with E-state index in [1.54, 1.807) is 4.90 Å². The van der Waals surface area contributed by atoms with E-state index in [0.29, 0.717) is 0 Å². The number of hydrogen-bond donors (Lipinski definition) is 0. The van der Waals surface area contributed by atoms with Crippen LogP contribution in [0.2, 0.25) is 19.6 Å². The van der Waals surface area contributed by atoms with Gasteiger partial charge in [0.1, 0.15) is 5.60 Å². The molecule has 4 heteroatoms. The molecule has 1 aromatic rings. The fraction of sp³-hybridized carbons (Fsp3) is 0.533. The Morgan fingerprint density at radius 1 is 1.16 bits per heavy atom. The van der Waals surface area contributed by atoms with Gasteiger partial charge in [-0.25, -0.2) is 4.79 Å². The standard InChI is InChI=1S/C15H25NO2Si/c1-15(2,3)18-14(17)16(12-19(4,5)6)13-10-8-7-9-11-13/h7-11H,12H2,1-6H3. The molecule has 0 fully saturated rings. The Balaban J connectivity index is 2.97. The number of carbonyl (C=O) groups excluding carboxylic acids is 1. The molecule has 106 valence electrons. The van der Waals surface area contributed by atoms with Crippen LogP contribution in [0.4, 0.5) is 10.5 Å². The van der Waals surface area contributed by atoms with Crippen LogP contribution < -0.4 is 4.90 Å². The molecular formula is C15H25NO2Si. The van der Waals surface area contributed by atoms with Crippen LogP contribution in [0.3, 0.4) is 0 Å². The summed E-state index contributed by atoms with van der Waals surface area (Å²) in [7, 11) is -1.42. The Morgan fingerprint density at radius 3 is 2.11 bits per heavy atom. The van der Waals surface area contributed by atoms with Gasteiger partial charge in [0, 0.05) is 11.9 Å². The topological polar surface area (TPSA) is 29.5 Å². The van der Waals surface area contributed by atoms with Gasteiger partial charge in [0.25, 0.3) is 0 Å². The van der Waals surface area contributed by atoms with Gasteiger partial charge in [-0.15, -0.1) is 0 Å². The van der Waals surface area contributed by atoms with Crippen molar-refractivity contribution in [2.24, 2.45) is 0 Å². The SMILES string of the molecule is CC(C)(C)OC(=O)N(C[Si](C)(C)C)c1ccccc1. The molecule has 19 heavy (non-hydrogen) atoms. The molecule has 0 radical (unpaired) electrons. The van der Waals surface area contributed by atoms with Crippen LogP contribution in [0, 0.1) is 0 Å². The summed E-state index contributed by atoms with van der Waals surface area (Å²) in [5, 5.41) is 0. The molecule has 0 N–H and O–H groups in total. The van der Waals surface area contributed by atoms with Crippen LogP contribution in [-0.4, -0.2) is 25.9 Å². The lowest BCUT2D eigenvalue weighted by Gasteiger charge is -2.31. The predicted molar refractivity (Wildman–Crippen MR) is 83.4 cm³/mol. The maximum Gasteiger partial charge on any atom is 0.414 e. The molecule has 0 heterocycles. The molecule has 0 aliphatic rings. The largest absolute Gasteiger partial charge is 0.443 e. The van der Waals surface area contributed by atoms with Crippen molar-refractivity contribution in [1.29, 1.82) is 0 Å². The van der Waals surface area contributed by atoms with E-state index < -0.39 is 13.7 Å². The number of amides is 1. The van der Waals surface area contributed by atoms with Gasteiger partial charge in [-0.3, -0.25) is 4.90 Å². The number of ether oxygens (including phenoxy) is 1. The highest BCUT2D eigenvalue weighted by atomic mass is 28.3. The van der Waals surface area contributed by atoms with Crippen molar-refractivity contribution in [3.8, 4) is 0 Å². The molecule has 0 aliphatic carbocycles. The van der Waals surface area contributed by atoms with Gasteiger partial charge >= 0.3 is 6.09 Å². The molecule has 0 spiro atoms. The van der Waals surface area contributed by atoms with E-state index in [4.69, 9.17) is 4.74 Å². The van der Waals surface area contributed by atoms with Gasteiger partial charge in [-0.05, 0) is 32.9 Å². The van der Waals surface area contributed by atoms with E-state index in [0.717, 1.165) is 11.9 Å². The van der Waals surface area contributed by atoms with E-state index >= 15 is 0 Å². The maximum absolute atomic E-state index is 12.4. The average Bonchev–Trinajstić information content (AvgIpc) is 2.23. The number of anilines is 1. The first-order chi connectivity index (χ1) is 8.58. The lowest BCUT2D eigenvalue weighted by molar-refractivity contribution is 0.0586. The Bertz CT molecular complexity index is 418. The molecule has 1 amide bonds. The van der Waals surface area contributed by atoms with E-state index in [2.05, 4.69) is 19.6 Å². The summed E-state index contributed by atoms with van der Waals surface area (Å²) in [6.45, 7) is 12.4. The molecular weight excluding hydrogens is 254 g/mol. The van der Waals surface area contributed by atoms with Crippen molar-refractivity contribution in [3.63, 3.8) is 0 Å². The van der Waals surface area contributed by atoms with Gasteiger partial charge in [0.05, 0.1) is 8.07 Å². The second-order valence-corrected chi connectivity index (χ2v) is 12.4. The van der Waals surface area contributed by atoms with Gasteiger partial charge in [0.15, 0.2) is 0 Å². The highest BCUT2D eigenvalue weighted by Gasteiger charge is 2.27. The Labute approximate surface area is 117 Å². The van der Waals surface area contributed by atoms with Gasteiger partial charge in [-0.2, -0.15) is 0 Å². The second-order valence-electron chi connectivity index (χ2n) is 6.96. The minimum Gasteiger partial charge on any atom is -0.443 e. The smallest absolute Gasteiger partial charge is 0.414 e. The van der Waals surface area contributed by atoms with Gasteiger partial charge < -0.3 is 4.74 Å². The first kappa shape index (κ1) is 15.8. The van der Waals surface area contributed by atoms with Crippen molar-refractivity contribution >= 4 is 19.9 Å². The molecule has 0 atom stereocenters. The third-order valence-electron chi connectivity index (χ3n) is 2.31. The lowest BCUT2D eigenvalue weighted by atomic mass is 10.2. The van der Waals surface area contributed by atoms with Crippen molar-refractivity contribution in [2.75, 3.05) is 11.1 Å². The molecule has 0 aliphatic heterocycles. The number of carbonyl (C=O) groups is 1. The highest BCUT2D eigenvalue weighted by Crippen LogP contribution is 2.20. The molecule has 0 aromatic heterocycles. The first-order valence-electron chi connectivity index (χ1n) is 6.64. The summed E-state index contributed by atoms with van der Waals surface area (Å²) < 4.78 is 5.51. The summed E-state index contributed by atoms with van der Waals surface area (Å²) in [5.74, 6) is 0. The normalized spacial score (nSPS) is 12.1. The molecule has 1 aromatic carbocycles. The lowest BCUT2D eigenvalue weighted by Crippen LogP contribution is -2.46. The van der Waals surface area contributed by atoms with Crippen LogP contribution in [0.1, 0.15) is 20.8 Å². The van der Waals surface area contributed by atoms with Crippen molar-refractivity contribution in [1.82, 2.24) is 0 Å². The minimum atomic E-state index is -1.42. The predicted octanol–water partition coefficient (Wildman–Crippen LogP) is 4.31. The molecule has 3 nitrogen and oxygen atoms in total. The highest BCUT2D eigenvalue weighted by molar-refractivity contribution is 6.77. The van der Waals surface area contributed by atoms with E-state index in [1.165, 1.54) is 0 Å². The molecule has 0 unspecified atom stereocenters. The molecule has 1 rings (SSSR count). The molecule has 0 saturated heterocycles. The van der Waals surface area contributed by atoms with Crippen molar-refractivity contribution in [3.05, 3.63) is 30.3 Å². The first-order valence-corrected chi connectivity index (χ1v) is 10.3. The summed E-state index contributed by atoms with van der Waals surface area (Å²) in [6.07, 6.45) is 0.493. The van der Waals surface area contributed by atoms with Crippen molar-refractivity contribution in [2.45, 2.75) is 46.0 Å².